The van der Waals surface area contributed by atoms with E-state index in [1.54, 1.807) is 56.3 Å². The first-order valence-electron chi connectivity index (χ1n) is 23.9. The topological polar surface area (TPSA) is 181 Å². The summed E-state index contributed by atoms with van der Waals surface area (Å²) in [4.78, 5) is 70.2. The maximum atomic E-state index is 15.1. The number of esters is 2. The number of likely N-dealkylation sites (N-methyl/N-ethyl adjacent to an activating group) is 1. The van der Waals surface area contributed by atoms with Crippen LogP contribution in [0, 0.1) is 23.7 Å². The smallest absolute Gasteiger partial charge is 0.410 e. The number of aliphatic hydroxyl groups excluding tert-OH is 1. The van der Waals surface area contributed by atoms with Crippen LogP contribution in [0.3, 0.4) is 0 Å². The molecule has 3 aliphatic rings. The number of cyclic esters (lactones) is 1. The minimum Gasteiger partial charge on any atom is -0.461 e. The predicted molar refractivity (Wildman–Crippen MR) is 250 cm³/mol. The normalized spacial score (nSPS) is 34.3. The molecule has 0 bridgehead atoms. The molecule has 16 heteroatoms. The number of aryl methyl sites for hydroxylation is 1. The maximum Gasteiger partial charge on any atom is 0.410 e. The second kappa shape index (κ2) is 22.1. The van der Waals surface area contributed by atoms with Crippen molar-refractivity contribution in [1.29, 1.82) is 0 Å². The van der Waals surface area contributed by atoms with Gasteiger partial charge in [-0.2, -0.15) is 0 Å². The molecule has 14 atom stereocenters. The Labute approximate surface area is 395 Å². The average Bonchev–Trinajstić information content (AvgIpc) is 3.84. The lowest BCUT2D eigenvalue weighted by molar-refractivity contribution is -0.302. The summed E-state index contributed by atoms with van der Waals surface area (Å²) in [7, 11) is 3.42. The summed E-state index contributed by atoms with van der Waals surface area (Å²) in [6, 6.07) is 10.2. The van der Waals surface area contributed by atoms with Gasteiger partial charge in [-0.1, -0.05) is 52.0 Å². The van der Waals surface area contributed by atoms with Crippen LogP contribution >= 0.6 is 0 Å². The molecule has 0 radical (unpaired) electrons. The summed E-state index contributed by atoms with van der Waals surface area (Å²) >= 11 is 0. The number of aromatic nitrogens is 3. The van der Waals surface area contributed by atoms with Gasteiger partial charge in [-0.15, -0.1) is 6.58 Å². The van der Waals surface area contributed by atoms with Gasteiger partial charge < -0.3 is 43.0 Å². The highest BCUT2D eigenvalue weighted by molar-refractivity contribution is 5.85. The number of para-hydroxylation sites is 2. The summed E-state index contributed by atoms with van der Waals surface area (Å²) in [5.74, 6) is -4.84. The van der Waals surface area contributed by atoms with E-state index in [1.807, 2.05) is 77.2 Å². The second-order valence-electron chi connectivity index (χ2n) is 19.5. The molecule has 3 aliphatic heterocycles. The highest BCUT2D eigenvalue weighted by Crippen LogP contribution is 2.44. The van der Waals surface area contributed by atoms with Gasteiger partial charge >= 0.3 is 18.0 Å². The van der Waals surface area contributed by atoms with E-state index in [4.69, 9.17) is 28.4 Å². The number of benzene rings is 1. The first kappa shape index (κ1) is 51.6. The first-order valence-corrected chi connectivity index (χ1v) is 23.9. The lowest BCUT2D eigenvalue weighted by Gasteiger charge is -2.48. The zero-order valence-electron chi connectivity index (χ0n) is 41.0. The van der Waals surface area contributed by atoms with Crippen molar-refractivity contribution in [1.82, 2.24) is 24.3 Å². The van der Waals surface area contributed by atoms with E-state index in [0.29, 0.717) is 44.5 Å². The van der Waals surface area contributed by atoms with Crippen LogP contribution in [-0.2, 0) is 55.8 Å². The minimum atomic E-state index is -1.44. The molecule has 1 amide bonds. The molecule has 3 aromatic rings. The van der Waals surface area contributed by atoms with Crippen molar-refractivity contribution < 1.29 is 52.7 Å². The van der Waals surface area contributed by atoms with Crippen molar-refractivity contribution in [2.24, 2.45) is 23.7 Å². The Bertz CT molecular complexity index is 2170. The largest absolute Gasteiger partial charge is 0.461 e. The molecular weight excluding hydrogens is 859 g/mol. The molecule has 3 fully saturated rings. The average molecular weight is 932 g/mol. The standard InChI is InChI=1S/C51H73N5O11/c1-12-23-54(10)39-26-32(4)63-48(43(39)59)66-46-34(6)44(65-41(57)27-36-19-18-22-52-29-36)35(7)47(60)64-40(13-2)51(9)45(33(5)42(58)31(3)28-50(46,8)62-11)56(49(61)67-51)25-17-16-24-55-30-53-37-20-14-15-21-38(37)55/h12,14-15,18-22,29-35,39-40,43-46,48,59H,1,13,16-17,23-28H2,2-11H3/t31-,32+,33+,34+,35-,39-,40-,43+,44+,45-,46-,48-,50-,51-/m1/s1. The number of rotatable bonds is 15. The van der Waals surface area contributed by atoms with Crippen molar-refractivity contribution in [3.63, 3.8) is 0 Å². The van der Waals surface area contributed by atoms with Crippen LogP contribution in [0.2, 0.25) is 0 Å². The zero-order chi connectivity index (χ0) is 48.8. The number of imidazole rings is 1. The van der Waals surface area contributed by atoms with E-state index < -0.39 is 89.7 Å². The minimum absolute atomic E-state index is 0.114. The van der Waals surface area contributed by atoms with Gasteiger partial charge in [0, 0.05) is 62.9 Å². The molecule has 1 N–H and O–H groups in total. The molecule has 3 saturated heterocycles. The van der Waals surface area contributed by atoms with Gasteiger partial charge in [-0.25, -0.2) is 9.78 Å². The molecule has 1 aromatic carbocycles. The fraction of sp³-hybridized carbons (Fsp3) is 0.647. The van der Waals surface area contributed by atoms with Gasteiger partial charge in [0.2, 0.25) is 0 Å². The number of fused-ring (bicyclic) bond motifs is 2. The van der Waals surface area contributed by atoms with E-state index in [0.717, 1.165) is 11.0 Å². The number of methoxy groups -OCH3 is 1. The summed E-state index contributed by atoms with van der Waals surface area (Å²) < 4.78 is 40.8. The third-order valence-corrected chi connectivity index (χ3v) is 14.6. The van der Waals surface area contributed by atoms with Crippen molar-refractivity contribution in [3.05, 3.63) is 73.3 Å². The molecular formula is C51H73N5O11. The highest BCUT2D eigenvalue weighted by atomic mass is 16.7. The van der Waals surface area contributed by atoms with Crippen LogP contribution in [-0.4, -0.2) is 141 Å². The molecule has 6 rings (SSSR count). The predicted octanol–water partition coefficient (Wildman–Crippen LogP) is 6.56. The van der Waals surface area contributed by atoms with Gasteiger partial charge in [0.1, 0.15) is 24.1 Å². The number of amides is 1. The number of unbranched alkanes of at least 4 members (excludes halogenated alkanes) is 1. The molecule has 368 valence electrons. The Balaban J connectivity index is 1.37. The van der Waals surface area contributed by atoms with Crippen LogP contribution in [0.15, 0.2) is 67.8 Å². The van der Waals surface area contributed by atoms with E-state index in [-0.39, 0.29) is 37.2 Å². The number of carbonyl (C=O) groups excluding carboxylic acids is 4. The number of aliphatic hydroxyl groups is 1. The molecule has 67 heavy (non-hydrogen) atoms. The number of ketones is 1. The molecule has 16 nitrogen and oxygen atoms in total. The number of nitrogens with zero attached hydrogens (tertiary/aromatic N) is 5. The highest BCUT2D eigenvalue weighted by Gasteiger charge is 2.60. The van der Waals surface area contributed by atoms with Crippen LogP contribution in [0.5, 0.6) is 0 Å². The van der Waals surface area contributed by atoms with Crippen molar-refractivity contribution in [2.45, 2.75) is 161 Å². The number of hydrogen-bond donors (Lipinski definition) is 1. The van der Waals surface area contributed by atoms with Crippen molar-refractivity contribution >= 4 is 34.8 Å². The summed E-state index contributed by atoms with van der Waals surface area (Å²) in [6.07, 6.45) is 2.42. The molecule has 5 heterocycles. The first-order chi connectivity index (χ1) is 31.9. The third kappa shape index (κ3) is 11.3. The Morgan fingerprint density at radius 2 is 1.78 bits per heavy atom. The number of pyridine rings is 1. The number of ether oxygens (including phenoxy) is 6. The van der Waals surface area contributed by atoms with Crippen LogP contribution < -0.4 is 0 Å². The second-order valence-corrected chi connectivity index (χ2v) is 19.5. The van der Waals surface area contributed by atoms with Gasteiger partial charge in [0.25, 0.3) is 0 Å². The van der Waals surface area contributed by atoms with Crippen LogP contribution in [0.25, 0.3) is 11.0 Å². The Kier molecular flexibility index (Phi) is 17.1. The van der Waals surface area contributed by atoms with Gasteiger partial charge in [-0.05, 0) is 90.6 Å². The summed E-state index contributed by atoms with van der Waals surface area (Å²) in [5.41, 5.74) is -0.211. The van der Waals surface area contributed by atoms with Gasteiger partial charge in [-0.3, -0.25) is 24.3 Å². The summed E-state index contributed by atoms with van der Waals surface area (Å²) in [5, 5.41) is 11.9. The van der Waals surface area contributed by atoms with Crippen LogP contribution in [0.1, 0.15) is 93.1 Å². The Morgan fingerprint density at radius 1 is 1.04 bits per heavy atom. The fourth-order valence-corrected chi connectivity index (χ4v) is 10.9. The third-order valence-electron chi connectivity index (χ3n) is 14.6. The number of hydrogen-bond acceptors (Lipinski definition) is 14. The van der Waals surface area contributed by atoms with Gasteiger partial charge in [0.05, 0.1) is 53.6 Å². The molecule has 0 aliphatic carbocycles. The number of Topliss-reactive ketones (excluding diaryl/α,β-unsaturated/α-hetero) is 1. The maximum absolute atomic E-state index is 15.1. The monoisotopic (exact) mass is 932 g/mol. The van der Waals surface area contributed by atoms with E-state index in [2.05, 4.69) is 21.1 Å². The quantitative estimate of drug-likeness (QED) is 0.0749. The van der Waals surface area contributed by atoms with Gasteiger partial charge in [0.15, 0.2) is 11.9 Å². The van der Waals surface area contributed by atoms with Crippen molar-refractivity contribution in [3.8, 4) is 0 Å². The molecule has 2 aromatic heterocycles. The summed E-state index contributed by atoms with van der Waals surface area (Å²) in [6.45, 7) is 19.7. The molecule has 0 saturated carbocycles. The lowest BCUT2D eigenvalue weighted by atomic mass is 9.73. The molecule has 0 spiro atoms. The van der Waals surface area contributed by atoms with E-state index in [9.17, 15) is 19.5 Å². The lowest BCUT2D eigenvalue weighted by Crippen LogP contribution is -2.61. The Hall–Kier alpha value is -4.74. The SMILES string of the molecule is C=CCN(C)[C@@H]1C[C@H](C)O[C@H](O[C@@H]2[C@@H](C)[C@H](OC(=O)Cc3cccnc3)[C@@H](C)C(=O)O[C@H](CC)[C@@]3(C)OC(=O)N(CCCCn4cnc5ccccc54)[C@@H]3[C@@H](C)C(=O)[C@H](C)C[C@@]2(C)OC)[C@H]1O. The Morgan fingerprint density at radius 3 is 2.46 bits per heavy atom. The van der Waals surface area contributed by atoms with E-state index in [1.165, 1.54) is 7.11 Å². The number of carbonyl (C=O) groups is 4. The van der Waals surface area contributed by atoms with Crippen molar-refractivity contribution in [2.75, 3.05) is 27.2 Å². The van der Waals surface area contributed by atoms with E-state index >= 15 is 4.79 Å². The fourth-order valence-electron chi connectivity index (χ4n) is 10.9. The molecule has 0 unspecified atom stereocenters. The van der Waals surface area contributed by atoms with Crippen LogP contribution in [0.4, 0.5) is 4.79 Å². The zero-order valence-corrected chi connectivity index (χ0v) is 41.0.